The minimum atomic E-state index is -1.31. The molecule has 0 radical (unpaired) electrons. The van der Waals surface area contributed by atoms with Gasteiger partial charge in [0.2, 0.25) is 5.91 Å². The molecule has 22 heavy (non-hydrogen) atoms. The molecule has 1 aliphatic rings. The number of halogens is 1. The van der Waals surface area contributed by atoms with E-state index in [1.54, 1.807) is 0 Å². The number of hydrogen-bond donors (Lipinski definition) is 2. The first-order chi connectivity index (χ1) is 10.4. The molecule has 1 saturated carbocycles. The number of amides is 1. The minimum absolute atomic E-state index is 0.0676. The number of carboxylic acid groups (broad SMARTS) is 1. The second-order valence-electron chi connectivity index (χ2n) is 6.31. The summed E-state index contributed by atoms with van der Waals surface area (Å²) < 4.78 is 13.6. The van der Waals surface area contributed by atoms with E-state index in [1.807, 2.05) is 0 Å². The van der Waals surface area contributed by atoms with E-state index >= 15 is 0 Å². The third-order valence-corrected chi connectivity index (χ3v) is 4.40. The van der Waals surface area contributed by atoms with Crippen molar-refractivity contribution in [1.29, 1.82) is 0 Å². The predicted octanol–water partition coefficient (Wildman–Crippen LogP) is 3.01. The quantitative estimate of drug-likeness (QED) is 0.879. The fourth-order valence-electron chi connectivity index (χ4n) is 3.25. The smallest absolute Gasteiger partial charge is 0.338 e. The fraction of sp³-hybridized carbons (Fsp3) is 0.529. The van der Waals surface area contributed by atoms with Gasteiger partial charge in [-0.25, -0.2) is 9.18 Å². The molecule has 2 rings (SSSR count). The van der Waals surface area contributed by atoms with Gasteiger partial charge in [0.05, 0.1) is 12.0 Å². The second-order valence-corrected chi connectivity index (χ2v) is 6.31. The molecule has 0 aliphatic heterocycles. The van der Waals surface area contributed by atoms with Crippen LogP contribution in [0.1, 0.15) is 49.0 Å². The van der Waals surface area contributed by atoms with Crippen LogP contribution in [0.5, 0.6) is 0 Å². The fourth-order valence-corrected chi connectivity index (χ4v) is 3.25. The first kappa shape index (κ1) is 16.5. The molecule has 1 aromatic carbocycles. The van der Waals surface area contributed by atoms with Gasteiger partial charge in [0.1, 0.15) is 5.82 Å². The average molecular weight is 307 g/mol. The second kappa shape index (κ2) is 6.90. The van der Waals surface area contributed by atoms with E-state index in [-0.39, 0.29) is 23.9 Å². The number of nitrogens with one attached hydrogen (secondary N) is 1. The van der Waals surface area contributed by atoms with E-state index in [4.69, 9.17) is 5.11 Å². The predicted molar refractivity (Wildman–Crippen MR) is 81.2 cm³/mol. The van der Waals surface area contributed by atoms with Gasteiger partial charge >= 0.3 is 5.97 Å². The normalized spacial score (nSPS) is 21.1. The van der Waals surface area contributed by atoms with Crippen molar-refractivity contribution in [2.45, 2.75) is 45.6 Å². The number of hydrogen-bond acceptors (Lipinski definition) is 2. The molecule has 0 unspecified atom stereocenters. The van der Waals surface area contributed by atoms with Crippen LogP contribution in [0.3, 0.4) is 0 Å². The Morgan fingerprint density at radius 2 is 2.09 bits per heavy atom. The van der Waals surface area contributed by atoms with E-state index in [0.29, 0.717) is 17.4 Å². The minimum Gasteiger partial charge on any atom is -0.478 e. The summed E-state index contributed by atoms with van der Waals surface area (Å²) in [6.45, 7) is 4.32. The van der Waals surface area contributed by atoms with Gasteiger partial charge in [0.15, 0.2) is 0 Å². The Kier molecular flexibility index (Phi) is 5.16. The zero-order valence-corrected chi connectivity index (χ0v) is 12.9. The average Bonchev–Trinajstić information content (AvgIpc) is 2.86. The highest BCUT2D eigenvalue weighted by Crippen LogP contribution is 2.31. The lowest BCUT2D eigenvalue weighted by Crippen LogP contribution is -2.39. The lowest BCUT2D eigenvalue weighted by Gasteiger charge is -2.24. The number of carbonyl (C=O) groups excluding carboxylic acids is 1. The molecule has 0 spiro atoms. The molecule has 0 heterocycles. The molecule has 1 aliphatic carbocycles. The highest BCUT2D eigenvalue weighted by atomic mass is 19.1. The molecular weight excluding hydrogens is 285 g/mol. The molecule has 0 aromatic heterocycles. The maximum absolute atomic E-state index is 13.6. The Balaban J connectivity index is 1.97. The largest absolute Gasteiger partial charge is 0.478 e. The van der Waals surface area contributed by atoms with Crippen LogP contribution >= 0.6 is 0 Å². The summed E-state index contributed by atoms with van der Waals surface area (Å²) in [7, 11) is 0. The van der Waals surface area contributed by atoms with Gasteiger partial charge in [-0.3, -0.25) is 4.79 Å². The third kappa shape index (κ3) is 3.84. The van der Waals surface area contributed by atoms with Crippen molar-refractivity contribution in [3.8, 4) is 0 Å². The molecular formula is C17H22FNO3. The van der Waals surface area contributed by atoms with Crippen molar-refractivity contribution in [3.05, 3.63) is 35.1 Å². The van der Waals surface area contributed by atoms with Crippen LogP contribution in [0.25, 0.3) is 0 Å². The van der Waals surface area contributed by atoms with Gasteiger partial charge in [-0.15, -0.1) is 0 Å². The monoisotopic (exact) mass is 307 g/mol. The van der Waals surface area contributed by atoms with Crippen LogP contribution in [0.2, 0.25) is 0 Å². The van der Waals surface area contributed by atoms with Crippen LogP contribution in [0.15, 0.2) is 18.2 Å². The maximum Gasteiger partial charge on any atom is 0.338 e. The molecule has 120 valence electrons. The Labute approximate surface area is 129 Å². The molecule has 1 fully saturated rings. The lowest BCUT2D eigenvalue weighted by molar-refractivity contribution is -0.121. The summed E-state index contributed by atoms with van der Waals surface area (Å²) in [5.74, 6) is -1.23. The van der Waals surface area contributed by atoms with Crippen molar-refractivity contribution in [2.75, 3.05) is 0 Å². The standard InChI is InChI=1S/C17H22FNO3/c1-10(2)12-4-3-5-15(12)19-16(20)9-11-6-7-13(17(21)22)14(18)8-11/h6-8,10,12,15H,3-5,9H2,1-2H3,(H,19,20)(H,21,22)/t12-,15+/m0/s1. The summed E-state index contributed by atoms with van der Waals surface area (Å²) in [6, 6.07) is 4.00. The molecule has 2 N–H and O–H groups in total. The third-order valence-electron chi connectivity index (χ3n) is 4.40. The molecule has 2 atom stereocenters. The van der Waals surface area contributed by atoms with Gasteiger partial charge in [0.25, 0.3) is 0 Å². The van der Waals surface area contributed by atoms with Crippen LogP contribution in [0.4, 0.5) is 4.39 Å². The van der Waals surface area contributed by atoms with Gasteiger partial charge in [-0.05, 0) is 42.4 Å². The van der Waals surface area contributed by atoms with Gasteiger partial charge in [-0.2, -0.15) is 0 Å². The van der Waals surface area contributed by atoms with Crippen LogP contribution < -0.4 is 5.32 Å². The van der Waals surface area contributed by atoms with Gasteiger partial charge in [-0.1, -0.05) is 26.3 Å². The molecule has 0 saturated heterocycles. The zero-order valence-electron chi connectivity index (χ0n) is 12.9. The summed E-state index contributed by atoms with van der Waals surface area (Å²) in [5.41, 5.74) is 0.110. The maximum atomic E-state index is 13.6. The number of rotatable bonds is 5. The number of carbonyl (C=O) groups is 2. The Hall–Kier alpha value is -1.91. The van der Waals surface area contributed by atoms with Crippen molar-refractivity contribution in [1.82, 2.24) is 5.32 Å². The highest BCUT2D eigenvalue weighted by Gasteiger charge is 2.30. The zero-order chi connectivity index (χ0) is 16.3. The van der Waals surface area contributed by atoms with E-state index in [9.17, 15) is 14.0 Å². The van der Waals surface area contributed by atoms with Gasteiger partial charge in [0, 0.05) is 6.04 Å². The van der Waals surface area contributed by atoms with Crippen molar-refractivity contribution in [3.63, 3.8) is 0 Å². The Bertz CT molecular complexity index is 571. The van der Waals surface area contributed by atoms with Gasteiger partial charge < -0.3 is 10.4 Å². The summed E-state index contributed by atoms with van der Waals surface area (Å²) in [5, 5.41) is 11.8. The molecule has 5 heteroatoms. The molecule has 4 nitrogen and oxygen atoms in total. The molecule has 0 bridgehead atoms. The SMILES string of the molecule is CC(C)[C@@H]1CCC[C@H]1NC(=O)Cc1ccc(C(=O)O)c(F)c1. The Morgan fingerprint density at radius 3 is 2.68 bits per heavy atom. The van der Waals surface area contributed by atoms with Crippen LogP contribution in [-0.4, -0.2) is 23.0 Å². The summed E-state index contributed by atoms with van der Waals surface area (Å²) in [6.07, 6.45) is 3.30. The van der Waals surface area contributed by atoms with Crippen molar-refractivity contribution >= 4 is 11.9 Å². The first-order valence-corrected chi connectivity index (χ1v) is 7.69. The van der Waals surface area contributed by atoms with Crippen molar-refractivity contribution < 1.29 is 19.1 Å². The van der Waals surface area contributed by atoms with Crippen LogP contribution in [0, 0.1) is 17.7 Å². The van der Waals surface area contributed by atoms with E-state index in [0.717, 1.165) is 25.3 Å². The van der Waals surface area contributed by atoms with E-state index in [2.05, 4.69) is 19.2 Å². The molecule has 1 amide bonds. The highest BCUT2D eigenvalue weighted by molar-refractivity contribution is 5.88. The summed E-state index contributed by atoms with van der Waals surface area (Å²) in [4.78, 5) is 22.9. The number of benzene rings is 1. The Morgan fingerprint density at radius 1 is 1.36 bits per heavy atom. The van der Waals surface area contributed by atoms with Crippen LogP contribution in [-0.2, 0) is 11.2 Å². The van der Waals surface area contributed by atoms with E-state index in [1.165, 1.54) is 12.1 Å². The van der Waals surface area contributed by atoms with E-state index < -0.39 is 11.8 Å². The molecule has 1 aromatic rings. The number of carboxylic acids is 1. The topological polar surface area (TPSA) is 66.4 Å². The first-order valence-electron chi connectivity index (χ1n) is 7.69. The lowest BCUT2D eigenvalue weighted by atomic mass is 9.91. The summed E-state index contributed by atoms with van der Waals surface area (Å²) >= 11 is 0. The number of aromatic carboxylic acids is 1. The van der Waals surface area contributed by atoms with Crippen molar-refractivity contribution in [2.24, 2.45) is 11.8 Å².